The van der Waals surface area contributed by atoms with Crippen molar-refractivity contribution in [2.75, 3.05) is 18.4 Å². The molecular formula is C22H25N5O3. The molecule has 0 atom stereocenters. The Hall–Kier alpha value is -3.42. The minimum atomic E-state index is -0.239. The highest BCUT2D eigenvalue weighted by Crippen LogP contribution is 2.24. The third-order valence-corrected chi connectivity index (χ3v) is 5.69. The molecule has 0 spiro atoms. The minimum Gasteiger partial charge on any atom is -0.339 e. The number of amides is 2. The average molecular weight is 407 g/mol. The lowest BCUT2D eigenvalue weighted by Crippen LogP contribution is -2.29. The number of likely N-dealkylation sites (tertiary alicyclic amines) is 1. The second-order valence-electron chi connectivity index (χ2n) is 7.80. The number of rotatable bonds is 4. The van der Waals surface area contributed by atoms with Gasteiger partial charge in [0, 0.05) is 36.1 Å². The molecule has 1 aliphatic rings. The summed E-state index contributed by atoms with van der Waals surface area (Å²) in [4.78, 5) is 43.8. The summed E-state index contributed by atoms with van der Waals surface area (Å²) in [5.41, 5.74) is 4.39. The van der Waals surface area contributed by atoms with Gasteiger partial charge in [0.25, 0.3) is 11.5 Å². The number of hydrogen-bond donors (Lipinski definition) is 2. The Morgan fingerprint density at radius 1 is 1.17 bits per heavy atom. The highest BCUT2D eigenvalue weighted by Gasteiger charge is 2.24. The van der Waals surface area contributed by atoms with Crippen molar-refractivity contribution in [1.82, 2.24) is 19.5 Å². The number of aromatic nitrogens is 3. The summed E-state index contributed by atoms with van der Waals surface area (Å²) < 4.78 is 1.59. The van der Waals surface area contributed by atoms with Crippen LogP contribution in [0.1, 0.15) is 45.7 Å². The molecule has 8 heteroatoms. The van der Waals surface area contributed by atoms with Crippen LogP contribution >= 0.6 is 0 Å². The van der Waals surface area contributed by atoms with Crippen LogP contribution < -0.4 is 10.9 Å². The van der Waals surface area contributed by atoms with Gasteiger partial charge in [0.15, 0.2) is 5.65 Å². The number of anilines is 1. The number of aromatic amines is 1. The van der Waals surface area contributed by atoms with Crippen LogP contribution in [0.15, 0.2) is 29.1 Å². The van der Waals surface area contributed by atoms with Gasteiger partial charge in [0.05, 0.1) is 17.7 Å². The number of H-pyrrole nitrogens is 1. The van der Waals surface area contributed by atoms with Gasteiger partial charge in [-0.3, -0.25) is 19.5 Å². The highest BCUT2D eigenvalue weighted by atomic mass is 16.2. The number of hydrogen-bond acceptors (Lipinski definition) is 4. The van der Waals surface area contributed by atoms with Crippen molar-refractivity contribution in [3.63, 3.8) is 0 Å². The van der Waals surface area contributed by atoms with Crippen molar-refractivity contribution in [1.29, 1.82) is 0 Å². The van der Waals surface area contributed by atoms with E-state index in [4.69, 9.17) is 0 Å². The molecule has 0 unspecified atom stereocenters. The van der Waals surface area contributed by atoms with Crippen molar-refractivity contribution >= 4 is 23.1 Å². The SMILES string of the molecule is Cc1cccc(NC(=O)Cc2c(C)nc3cc(=O)[nH]n3c2C)c1C(=O)N1CCCC1. The van der Waals surface area contributed by atoms with Crippen LogP contribution in [0.2, 0.25) is 0 Å². The molecule has 2 N–H and O–H groups in total. The maximum atomic E-state index is 13.0. The molecule has 2 amide bonds. The zero-order valence-corrected chi connectivity index (χ0v) is 17.4. The third kappa shape index (κ3) is 3.60. The summed E-state index contributed by atoms with van der Waals surface area (Å²) in [6.07, 6.45) is 2.11. The van der Waals surface area contributed by atoms with Crippen LogP contribution in [0, 0.1) is 20.8 Å². The highest BCUT2D eigenvalue weighted by molar-refractivity contribution is 6.05. The second-order valence-corrected chi connectivity index (χ2v) is 7.80. The fraction of sp³-hybridized carbons (Fsp3) is 0.364. The summed E-state index contributed by atoms with van der Waals surface area (Å²) in [7, 11) is 0. The van der Waals surface area contributed by atoms with E-state index < -0.39 is 0 Å². The van der Waals surface area contributed by atoms with Gasteiger partial charge in [-0.25, -0.2) is 9.50 Å². The first kappa shape index (κ1) is 19.9. The molecule has 1 saturated heterocycles. The normalized spacial score (nSPS) is 13.8. The van der Waals surface area contributed by atoms with Gasteiger partial charge in [-0.1, -0.05) is 12.1 Å². The van der Waals surface area contributed by atoms with Gasteiger partial charge < -0.3 is 10.2 Å². The van der Waals surface area contributed by atoms with Crippen molar-refractivity contribution in [3.05, 3.63) is 62.7 Å². The molecule has 0 aliphatic carbocycles. The van der Waals surface area contributed by atoms with Crippen molar-refractivity contribution in [3.8, 4) is 0 Å². The van der Waals surface area contributed by atoms with Gasteiger partial charge in [-0.15, -0.1) is 0 Å². The molecule has 4 rings (SSSR count). The zero-order valence-electron chi connectivity index (χ0n) is 17.4. The number of nitrogens with one attached hydrogen (secondary N) is 2. The molecule has 1 aromatic carbocycles. The molecule has 3 heterocycles. The third-order valence-electron chi connectivity index (χ3n) is 5.69. The Morgan fingerprint density at radius 3 is 2.63 bits per heavy atom. The van der Waals surface area contributed by atoms with E-state index in [0.29, 0.717) is 22.6 Å². The van der Waals surface area contributed by atoms with Gasteiger partial charge in [-0.2, -0.15) is 0 Å². The molecule has 2 aromatic heterocycles. The van der Waals surface area contributed by atoms with Crippen LogP contribution in [-0.2, 0) is 11.2 Å². The lowest BCUT2D eigenvalue weighted by molar-refractivity contribution is -0.115. The van der Waals surface area contributed by atoms with Crippen molar-refractivity contribution in [2.45, 2.75) is 40.0 Å². The molecule has 0 bridgehead atoms. The number of carbonyl (C=O) groups excluding carboxylic acids is 2. The topological polar surface area (TPSA) is 99.6 Å². The zero-order chi connectivity index (χ0) is 21.4. The molecule has 0 saturated carbocycles. The Kier molecular flexibility index (Phi) is 5.15. The van der Waals surface area contributed by atoms with E-state index in [1.54, 1.807) is 10.6 Å². The molecule has 0 radical (unpaired) electrons. The van der Waals surface area contributed by atoms with E-state index in [0.717, 1.165) is 42.8 Å². The maximum absolute atomic E-state index is 13.0. The molecule has 30 heavy (non-hydrogen) atoms. The molecular weight excluding hydrogens is 382 g/mol. The van der Waals surface area contributed by atoms with Crippen LogP contribution in [0.25, 0.3) is 5.65 Å². The van der Waals surface area contributed by atoms with Crippen molar-refractivity contribution < 1.29 is 9.59 Å². The first-order chi connectivity index (χ1) is 14.3. The van der Waals surface area contributed by atoms with Crippen LogP contribution in [-0.4, -0.2) is 44.4 Å². The first-order valence-corrected chi connectivity index (χ1v) is 10.1. The average Bonchev–Trinajstić information content (AvgIpc) is 3.34. The quantitative estimate of drug-likeness (QED) is 0.693. The monoisotopic (exact) mass is 407 g/mol. The number of aryl methyl sites for hydroxylation is 3. The van der Waals surface area contributed by atoms with Crippen LogP contribution in [0.5, 0.6) is 0 Å². The maximum Gasteiger partial charge on any atom is 0.266 e. The van der Waals surface area contributed by atoms with E-state index in [1.165, 1.54) is 6.07 Å². The molecule has 1 aliphatic heterocycles. The molecule has 156 valence electrons. The molecule has 8 nitrogen and oxygen atoms in total. The predicted octanol–water partition coefficient (Wildman–Crippen LogP) is 2.37. The van der Waals surface area contributed by atoms with E-state index in [9.17, 15) is 14.4 Å². The summed E-state index contributed by atoms with van der Waals surface area (Å²) in [6, 6.07) is 6.90. The van der Waals surface area contributed by atoms with E-state index in [1.807, 2.05) is 37.8 Å². The lowest BCUT2D eigenvalue weighted by Gasteiger charge is -2.20. The van der Waals surface area contributed by atoms with E-state index in [-0.39, 0.29) is 23.8 Å². The van der Waals surface area contributed by atoms with Crippen molar-refractivity contribution in [2.24, 2.45) is 0 Å². The molecule has 1 fully saturated rings. The molecule has 3 aromatic rings. The van der Waals surface area contributed by atoms with Crippen LogP contribution in [0.4, 0.5) is 5.69 Å². The number of nitrogens with zero attached hydrogens (tertiary/aromatic N) is 3. The fourth-order valence-corrected chi connectivity index (χ4v) is 4.10. The fourth-order valence-electron chi connectivity index (χ4n) is 4.10. The predicted molar refractivity (Wildman–Crippen MR) is 114 cm³/mol. The number of carbonyl (C=O) groups is 2. The van der Waals surface area contributed by atoms with Gasteiger partial charge in [0.1, 0.15) is 0 Å². The van der Waals surface area contributed by atoms with Gasteiger partial charge in [-0.05, 0) is 45.2 Å². The lowest BCUT2D eigenvalue weighted by atomic mass is 10.0. The summed E-state index contributed by atoms with van der Waals surface area (Å²) in [5, 5.41) is 5.61. The summed E-state index contributed by atoms with van der Waals surface area (Å²) in [5.74, 6) is -0.279. The van der Waals surface area contributed by atoms with E-state index in [2.05, 4.69) is 15.4 Å². The number of benzene rings is 1. The minimum absolute atomic E-state index is 0.0405. The Balaban J connectivity index is 1.61. The summed E-state index contributed by atoms with van der Waals surface area (Å²) >= 11 is 0. The summed E-state index contributed by atoms with van der Waals surface area (Å²) in [6.45, 7) is 7.05. The number of fused-ring (bicyclic) bond motifs is 1. The van der Waals surface area contributed by atoms with Gasteiger partial charge >= 0.3 is 0 Å². The van der Waals surface area contributed by atoms with Crippen LogP contribution in [0.3, 0.4) is 0 Å². The Bertz CT molecular complexity index is 1200. The second kappa shape index (κ2) is 7.78. The van der Waals surface area contributed by atoms with E-state index >= 15 is 0 Å². The Morgan fingerprint density at radius 2 is 1.90 bits per heavy atom. The standard InChI is InChI=1S/C22H25N5O3/c1-13-7-6-8-17(21(13)22(30)26-9-4-5-10-26)24-19(28)11-16-14(2)23-18-12-20(29)25-27(18)15(16)3/h6-8,12H,4-5,9-11H2,1-3H3,(H,24,28)(H,25,29). The first-order valence-electron chi connectivity index (χ1n) is 10.1. The smallest absolute Gasteiger partial charge is 0.266 e. The Labute approximate surface area is 173 Å². The van der Waals surface area contributed by atoms with Gasteiger partial charge in [0.2, 0.25) is 5.91 Å². The largest absolute Gasteiger partial charge is 0.339 e.